The van der Waals surface area contributed by atoms with Crippen LogP contribution in [0.2, 0.25) is 0 Å². The molecule has 1 aromatic rings. The van der Waals surface area contributed by atoms with Gasteiger partial charge in [0.05, 0.1) is 7.11 Å². The van der Waals surface area contributed by atoms with Crippen LogP contribution in [0, 0.1) is 0 Å². The molecule has 7 heteroatoms. The van der Waals surface area contributed by atoms with Crippen LogP contribution in [0.15, 0.2) is 24.3 Å². The lowest BCUT2D eigenvalue weighted by Gasteiger charge is -2.19. The lowest BCUT2D eigenvalue weighted by atomic mass is 10.2. The molecule has 2 unspecified atom stereocenters. The van der Waals surface area contributed by atoms with E-state index in [1.165, 1.54) is 0 Å². The molecule has 0 heterocycles. The van der Waals surface area contributed by atoms with Crippen molar-refractivity contribution in [3.8, 4) is 11.5 Å². The van der Waals surface area contributed by atoms with E-state index in [1.54, 1.807) is 50.1 Å². The van der Waals surface area contributed by atoms with Crippen molar-refractivity contribution >= 4 is 23.6 Å². The summed E-state index contributed by atoms with van der Waals surface area (Å²) >= 11 is 1.64. The normalized spacial score (nSPS) is 13.0. The molecule has 0 saturated carbocycles. The molecule has 0 aliphatic rings. The summed E-state index contributed by atoms with van der Waals surface area (Å²) in [5, 5.41) is 11.7. The molecule has 0 aliphatic carbocycles. The monoisotopic (exact) mass is 341 g/mol. The number of nitrogens with one attached hydrogen (secondary N) is 1. The fourth-order valence-corrected chi connectivity index (χ4v) is 2.49. The standard InChI is InChI=1S/C16H23NO5S/c1-4-23-10-9-14(16(19)20)17-15(18)11(2)22-13-7-5-12(21-3)6-8-13/h5-8,11,14H,4,9-10H2,1-3H3,(H,17,18)(H,19,20). The van der Waals surface area contributed by atoms with Gasteiger partial charge >= 0.3 is 5.97 Å². The average Bonchev–Trinajstić information content (AvgIpc) is 2.54. The Labute approximate surface area is 140 Å². The molecule has 23 heavy (non-hydrogen) atoms. The zero-order valence-corrected chi connectivity index (χ0v) is 14.4. The fraction of sp³-hybridized carbons (Fsp3) is 0.500. The van der Waals surface area contributed by atoms with E-state index < -0.39 is 24.0 Å². The Balaban J connectivity index is 2.54. The van der Waals surface area contributed by atoms with Crippen molar-refractivity contribution in [2.24, 2.45) is 0 Å². The number of hydrogen-bond donors (Lipinski definition) is 2. The molecule has 1 rings (SSSR count). The van der Waals surface area contributed by atoms with Crippen molar-refractivity contribution in [1.29, 1.82) is 0 Å². The van der Waals surface area contributed by atoms with Crippen LogP contribution in [-0.4, -0.2) is 47.7 Å². The van der Waals surface area contributed by atoms with Gasteiger partial charge in [-0.15, -0.1) is 0 Å². The molecule has 128 valence electrons. The Morgan fingerprint density at radius 2 is 1.87 bits per heavy atom. The second-order valence-electron chi connectivity index (χ2n) is 4.82. The van der Waals surface area contributed by atoms with Gasteiger partial charge in [-0.2, -0.15) is 11.8 Å². The molecular weight excluding hydrogens is 318 g/mol. The van der Waals surface area contributed by atoms with Gasteiger partial charge < -0.3 is 19.9 Å². The number of carbonyl (C=O) groups excluding carboxylic acids is 1. The Kier molecular flexibility index (Phi) is 8.32. The third-order valence-electron chi connectivity index (χ3n) is 3.11. The van der Waals surface area contributed by atoms with Crippen LogP contribution < -0.4 is 14.8 Å². The number of rotatable bonds is 10. The second-order valence-corrected chi connectivity index (χ2v) is 6.21. The number of hydrogen-bond acceptors (Lipinski definition) is 5. The SMILES string of the molecule is CCSCCC(NC(=O)C(C)Oc1ccc(OC)cc1)C(=O)O. The summed E-state index contributed by atoms with van der Waals surface area (Å²) in [6.07, 6.45) is -0.404. The van der Waals surface area contributed by atoms with Crippen molar-refractivity contribution in [3.63, 3.8) is 0 Å². The molecule has 2 atom stereocenters. The summed E-state index contributed by atoms with van der Waals surface area (Å²) in [7, 11) is 1.56. The number of methoxy groups -OCH3 is 1. The Morgan fingerprint density at radius 3 is 2.39 bits per heavy atom. The van der Waals surface area contributed by atoms with E-state index in [0.29, 0.717) is 23.7 Å². The van der Waals surface area contributed by atoms with Crippen LogP contribution >= 0.6 is 11.8 Å². The highest BCUT2D eigenvalue weighted by Crippen LogP contribution is 2.18. The summed E-state index contributed by atoms with van der Waals surface area (Å²) in [5.41, 5.74) is 0. The van der Waals surface area contributed by atoms with E-state index in [4.69, 9.17) is 9.47 Å². The Hall–Kier alpha value is -1.89. The van der Waals surface area contributed by atoms with Crippen molar-refractivity contribution in [2.75, 3.05) is 18.6 Å². The Morgan fingerprint density at radius 1 is 1.26 bits per heavy atom. The lowest BCUT2D eigenvalue weighted by molar-refractivity contribution is -0.142. The molecule has 0 aromatic heterocycles. The van der Waals surface area contributed by atoms with Crippen LogP contribution in [0.5, 0.6) is 11.5 Å². The van der Waals surface area contributed by atoms with Crippen LogP contribution in [0.3, 0.4) is 0 Å². The van der Waals surface area contributed by atoms with Gasteiger partial charge in [-0.25, -0.2) is 4.79 Å². The van der Waals surface area contributed by atoms with Gasteiger partial charge in [0.25, 0.3) is 5.91 Å². The van der Waals surface area contributed by atoms with Crippen LogP contribution in [0.4, 0.5) is 0 Å². The first-order chi connectivity index (χ1) is 11.0. The second kappa shape index (κ2) is 9.99. The van der Waals surface area contributed by atoms with Crippen LogP contribution in [0.25, 0.3) is 0 Å². The largest absolute Gasteiger partial charge is 0.497 e. The van der Waals surface area contributed by atoms with Crippen molar-refractivity contribution in [2.45, 2.75) is 32.4 Å². The first-order valence-corrected chi connectivity index (χ1v) is 8.55. The molecule has 0 bridgehead atoms. The number of benzene rings is 1. The predicted molar refractivity (Wildman–Crippen MR) is 90.3 cm³/mol. The minimum atomic E-state index is -1.04. The van der Waals surface area contributed by atoms with Crippen LogP contribution in [-0.2, 0) is 9.59 Å². The van der Waals surface area contributed by atoms with Gasteiger partial charge in [-0.05, 0) is 49.1 Å². The van der Waals surface area contributed by atoms with Crippen LogP contribution in [0.1, 0.15) is 20.3 Å². The first-order valence-electron chi connectivity index (χ1n) is 7.39. The predicted octanol–water partition coefficient (Wildman–Crippen LogP) is 2.18. The van der Waals surface area contributed by atoms with Gasteiger partial charge in [-0.1, -0.05) is 6.92 Å². The summed E-state index contributed by atoms with van der Waals surface area (Å²) in [6, 6.07) is 5.93. The zero-order chi connectivity index (χ0) is 17.2. The molecule has 0 radical (unpaired) electrons. The molecule has 1 amide bonds. The van der Waals surface area contributed by atoms with E-state index in [0.717, 1.165) is 5.75 Å². The summed E-state index contributed by atoms with van der Waals surface area (Å²) in [4.78, 5) is 23.3. The summed E-state index contributed by atoms with van der Waals surface area (Å²) < 4.78 is 10.6. The third-order valence-corrected chi connectivity index (χ3v) is 4.04. The fourth-order valence-electron chi connectivity index (χ4n) is 1.80. The Bertz CT molecular complexity index is 506. The van der Waals surface area contributed by atoms with E-state index in [1.807, 2.05) is 6.92 Å². The molecule has 0 spiro atoms. The number of amides is 1. The minimum Gasteiger partial charge on any atom is -0.497 e. The maximum absolute atomic E-state index is 12.1. The number of ether oxygens (including phenoxy) is 2. The van der Waals surface area contributed by atoms with Crippen molar-refractivity contribution < 1.29 is 24.2 Å². The molecule has 0 aliphatic heterocycles. The molecule has 6 nitrogen and oxygen atoms in total. The van der Waals surface area contributed by atoms with E-state index in [9.17, 15) is 14.7 Å². The van der Waals surface area contributed by atoms with E-state index in [-0.39, 0.29) is 0 Å². The van der Waals surface area contributed by atoms with E-state index >= 15 is 0 Å². The number of carboxylic acids is 1. The van der Waals surface area contributed by atoms with E-state index in [2.05, 4.69) is 5.32 Å². The molecule has 2 N–H and O–H groups in total. The van der Waals surface area contributed by atoms with Gasteiger partial charge in [0.2, 0.25) is 0 Å². The highest BCUT2D eigenvalue weighted by molar-refractivity contribution is 7.99. The third kappa shape index (κ3) is 6.81. The maximum Gasteiger partial charge on any atom is 0.326 e. The van der Waals surface area contributed by atoms with Gasteiger partial charge in [0.15, 0.2) is 6.10 Å². The number of carboxylic acid groups (broad SMARTS) is 1. The smallest absolute Gasteiger partial charge is 0.326 e. The first kappa shape index (κ1) is 19.2. The van der Waals surface area contributed by atoms with Crippen molar-refractivity contribution in [3.05, 3.63) is 24.3 Å². The lowest BCUT2D eigenvalue weighted by Crippen LogP contribution is -2.46. The number of aliphatic carboxylic acids is 1. The average molecular weight is 341 g/mol. The maximum atomic E-state index is 12.1. The van der Waals surface area contributed by atoms with Gasteiger partial charge in [0, 0.05) is 0 Å². The summed E-state index contributed by atoms with van der Waals surface area (Å²) in [5.74, 6) is 1.32. The quantitative estimate of drug-likeness (QED) is 0.635. The number of carbonyl (C=O) groups is 2. The zero-order valence-electron chi connectivity index (χ0n) is 13.6. The minimum absolute atomic E-state index is 0.384. The highest BCUT2D eigenvalue weighted by atomic mass is 32.2. The number of thioether (sulfide) groups is 1. The highest BCUT2D eigenvalue weighted by Gasteiger charge is 2.23. The molecule has 0 fully saturated rings. The summed E-state index contributed by atoms with van der Waals surface area (Å²) in [6.45, 7) is 3.59. The molecule has 0 saturated heterocycles. The molecular formula is C16H23NO5S. The van der Waals surface area contributed by atoms with Crippen molar-refractivity contribution in [1.82, 2.24) is 5.32 Å². The molecule has 1 aromatic carbocycles. The van der Waals surface area contributed by atoms with Gasteiger partial charge in [0.1, 0.15) is 17.5 Å². The topological polar surface area (TPSA) is 84.9 Å². The van der Waals surface area contributed by atoms with Gasteiger partial charge in [-0.3, -0.25) is 4.79 Å².